The van der Waals surface area contributed by atoms with Gasteiger partial charge < -0.3 is 5.73 Å². The van der Waals surface area contributed by atoms with Crippen LogP contribution in [0.5, 0.6) is 0 Å². The summed E-state index contributed by atoms with van der Waals surface area (Å²) in [6.07, 6.45) is 0.275. The van der Waals surface area contributed by atoms with Crippen LogP contribution in [-0.4, -0.2) is 20.4 Å². The summed E-state index contributed by atoms with van der Waals surface area (Å²) >= 11 is 0. The number of rotatable bonds is 5. The predicted octanol–water partition coefficient (Wildman–Crippen LogP) is 1.06. The molecule has 0 aliphatic carbocycles. The maximum absolute atomic E-state index is 12.0. The van der Waals surface area contributed by atoms with Crippen LogP contribution in [0, 0.1) is 0 Å². The van der Waals surface area contributed by atoms with Gasteiger partial charge in [0.1, 0.15) is 0 Å². The molecular formula is C15H16N2O3S. The Hall–Kier alpha value is -2.18. The van der Waals surface area contributed by atoms with E-state index in [-0.39, 0.29) is 11.3 Å². The van der Waals surface area contributed by atoms with E-state index < -0.39 is 22.0 Å². The summed E-state index contributed by atoms with van der Waals surface area (Å²) in [7, 11) is -3.88. The zero-order chi connectivity index (χ0) is 15.3. The van der Waals surface area contributed by atoms with Crippen LogP contribution in [0.4, 0.5) is 0 Å². The number of carbonyl (C=O) groups is 1. The minimum atomic E-state index is -3.88. The molecule has 0 aromatic heterocycles. The highest BCUT2D eigenvalue weighted by Crippen LogP contribution is 2.08. The first-order valence-electron chi connectivity index (χ1n) is 6.40. The van der Waals surface area contributed by atoms with Gasteiger partial charge in [0.25, 0.3) is 15.9 Å². The van der Waals surface area contributed by atoms with Crippen LogP contribution in [0.3, 0.4) is 0 Å². The van der Waals surface area contributed by atoms with Crippen molar-refractivity contribution in [2.75, 3.05) is 0 Å². The van der Waals surface area contributed by atoms with Crippen molar-refractivity contribution in [3.05, 3.63) is 66.2 Å². The molecule has 0 saturated heterocycles. The molecule has 0 spiro atoms. The SMILES string of the molecule is NC(Cc1ccccc1)C(=O)NS(=O)(=O)c1ccccc1. The summed E-state index contributed by atoms with van der Waals surface area (Å²) in [5, 5.41) is 0. The fourth-order valence-corrected chi connectivity index (χ4v) is 2.88. The van der Waals surface area contributed by atoms with E-state index in [2.05, 4.69) is 0 Å². The van der Waals surface area contributed by atoms with Gasteiger partial charge in [-0.05, 0) is 24.1 Å². The molecule has 5 nitrogen and oxygen atoms in total. The van der Waals surface area contributed by atoms with Crippen molar-refractivity contribution < 1.29 is 13.2 Å². The van der Waals surface area contributed by atoms with Crippen molar-refractivity contribution in [1.82, 2.24) is 4.72 Å². The van der Waals surface area contributed by atoms with Crippen LogP contribution in [-0.2, 0) is 21.2 Å². The molecule has 110 valence electrons. The monoisotopic (exact) mass is 304 g/mol. The molecule has 0 aliphatic heterocycles. The molecule has 0 saturated carbocycles. The van der Waals surface area contributed by atoms with Crippen molar-refractivity contribution in [1.29, 1.82) is 0 Å². The highest BCUT2D eigenvalue weighted by Gasteiger charge is 2.21. The number of hydrogen-bond donors (Lipinski definition) is 2. The third kappa shape index (κ3) is 4.14. The minimum Gasteiger partial charge on any atom is -0.320 e. The van der Waals surface area contributed by atoms with Gasteiger partial charge in [-0.3, -0.25) is 4.79 Å². The Kier molecular flexibility index (Phi) is 4.72. The highest BCUT2D eigenvalue weighted by molar-refractivity contribution is 7.90. The second kappa shape index (κ2) is 6.51. The van der Waals surface area contributed by atoms with Gasteiger partial charge in [-0.2, -0.15) is 0 Å². The van der Waals surface area contributed by atoms with E-state index in [1.54, 1.807) is 18.2 Å². The normalized spacial score (nSPS) is 12.6. The van der Waals surface area contributed by atoms with E-state index in [0.29, 0.717) is 0 Å². The largest absolute Gasteiger partial charge is 0.320 e. The molecule has 2 rings (SSSR count). The minimum absolute atomic E-state index is 0.0326. The zero-order valence-corrected chi connectivity index (χ0v) is 12.1. The molecule has 1 amide bonds. The number of carbonyl (C=O) groups excluding carboxylic acids is 1. The van der Waals surface area contributed by atoms with E-state index >= 15 is 0 Å². The van der Waals surface area contributed by atoms with Gasteiger partial charge in [0.05, 0.1) is 10.9 Å². The van der Waals surface area contributed by atoms with Crippen molar-refractivity contribution in [2.45, 2.75) is 17.4 Å². The average molecular weight is 304 g/mol. The van der Waals surface area contributed by atoms with Gasteiger partial charge in [-0.1, -0.05) is 48.5 Å². The molecule has 2 aromatic carbocycles. The Bertz CT molecular complexity index is 700. The molecule has 6 heteroatoms. The molecule has 1 atom stereocenters. The smallest absolute Gasteiger partial charge is 0.264 e. The molecule has 2 aromatic rings. The predicted molar refractivity (Wildman–Crippen MR) is 79.9 cm³/mol. The topological polar surface area (TPSA) is 89.3 Å². The van der Waals surface area contributed by atoms with Gasteiger partial charge in [0.15, 0.2) is 0 Å². The summed E-state index contributed by atoms with van der Waals surface area (Å²) in [6.45, 7) is 0. The van der Waals surface area contributed by atoms with Crippen LogP contribution in [0.25, 0.3) is 0 Å². The van der Waals surface area contributed by atoms with Crippen molar-refractivity contribution in [3.8, 4) is 0 Å². The lowest BCUT2D eigenvalue weighted by atomic mass is 10.1. The summed E-state index contributed by atoms with van der Waals surface area (Å²) in [5.41, 5.74) is 6.63. The van der Waals surface area contributed by atoms with Gasteiger partial charge in [-0.25, -0.2) is 13.1 Å². The van der Waals surface area contributed by atoms with E-state index in [4.69, 9.17) is 5.73 Å². The number of hydrogen-bond acceptors (Lipinski definition) is 4. The molecule has 0 aliphatic rings. The first kappa shape index (κ1) is 15.2. The standard InChI is InChI=1S/C15H16N2O3S/c16-14(11-12-7-3-1-4-8-12)15(18)17-21(19,20)13-9-5-2-6-10-13/h1-10,14H,11,16H2,(H,17,18). The summed E-state index contributed by atoms with van der Waals surface area (Å²) in [4.78, 5) is 12.0. The van der Waals surface area contributed by atoms with Gasteiger partial charge in [-0.15, -0.1) is 0 Å². The molecule has 21 heavy (non-hydrogen) atoms. The van der Waals surface area contributed by atoms with Gasteiger partial charge in [0.2, 0.25) is 0 Å². The van der Waals surface area contributed by atoms with E-state index in [1.807, 2.05) is 35.1 Å². The lowest BCUT2D eigenvalue weighted by molar-refractivity contribution is -0.120. The summed E-state index contributed by atoms with van der Waals surface area (Å²) in [5.74, 6) is -0.720. The summed E-state index contributed by atoms with van der Waals surface area (Å²) in [6, 6.07) is 16.0. The Morgan fingerprint density at radius 1 is 1.00 bits per heavy atom. The Balaban J connectivity index is 2.04. The lowest BCUT2D eigenvalue weighted by Gasteiger charge is -2.12. The first-order chi connectivity index (χ1) is 9.99. The Morgan fingerprint density at radius 2 is 1.52 bits per heavy atom. The van der Waals surface area contributed by atoms with Crippen molar-refractivity contribution in [3.63, 3.8) is 0 Å². The van der Waals surface area contributed by atoms with Crippen LogP contribution >= 0.6 is 0 Å². The average Bonchev–Trinajstić information content (AvgIpc) is 2.48. The molecule has 0 heterocycles. The fourth-order valence-electron chi connectivity index (χ4n) is 1.83. The molecule has 0 fully saturated rings. The van der Waals surface area contributed by atoms with Crippen molar-refractivity contribution in [2.24, 2.45) is 5.73 Å². The van der Waals surface area contributed by atoms with E-state index in [9.17, 15) is 13.2 Å². The number of nitrogens with two attached hydrogens (primary N) is 1. The number of amides is 1. The van der Waals surface area contributed by atoms with Gasteiger partial charge in [0, 0.05) is 0 Å². The molecule has 0 bridgehead atoms. The molecule has 1 unspecified atom stereocenters. The number of sulfonamides is 1. The second-order valence-electron chi connectivity index (χ2n) is 4.58. The third-order valence-corrected chi connectivity index (χ3v) is 4.29. The molecule has 0 radical (unpaired) electrons. The Morgan fingerprint density at radius 3 is 2.10 bits per heavy atom. The molecule has 3 N–H and O–H groups in total. The third-order valence-electron chi connectivity index (χ3n) is 2.92. The van der Waals surface area contributed by atoms with Gasteiger partial charge >= 0.3 is 0 Å². The van der Waals surface area contributed by atoms with Crippen LogP contribution < -0.4 is 10.5 Å². The first-order valence-corrected chi connectivity index (χ1v) is 7.88. The lowest BCUT2D eigenvalue weighted by Crippen LogP contribution is -2.44. The van der Waals surface area contributed by atoms with Crippen LogP contribution in [0.2, 0.25) is 0 Å². The Labute approximate surface area is 123 Å². The maximum atomic E-state index is 12.0. The van der Waals surface area contributed by atoms with Crippen LogP contribution in [0.15, 0.2) is 65.6 Å². The highest BCUT2D eigenvalue weighted by atomic mass is 32.2. The number of benzene rings is 2. The van der Waals surface area contributed by atoms with Crippen molar-refractivity contribution >= 4 is 15.9 Å². The number of nitrogens with one attached hydrogen (secondary N) is 1. The van der Waals surface area contributed by atoms with E-state index in [1.165, 1.54) is 12.1 Å². The summed E-state index contributed by atoms with van der Waals surface area (Å²) < 4.78 is 26.0. The quantitative estimate of drug-likeness (QED) is 0.864. The second-order valence-corrected chi connectivity index (χ2v) is 6.26. The maximum Gasteiger partial charge on any atom is 0.264 e. The van der Waals surface area contributed by atoms with Crippen LogP contribution in [0.1, 0.15) is 5.56 Å². The fraction of sp³-hybridized carbons (Fsp3) is 0.133. The zero-order valence-electron chi connectivity index (χ0n) is 11.3. The van der Waals surface area contributed by atoms with E-state index in [0.717, 1.165) is 5.56 Å². The molecular weight excluding hydrogens is 288 g/mol.